The van der Waals surface area contributed by atoms with Gasteiger partial charge in [0.15, 0.2) is 0 Å². The summed E-state index contributed by atoms with van der Waals surface area (Å²) in [7, 11) is 0. The number of aromatic carboxylic acids is 1. The Morgan fingerprint density at radius 3 is 2.94 bits per heavy atom. The summed E-state index contributed by atoms with van der Waals surface area (Å²) in [5, 5.41) is 12.8. The van der Waals surface area contributed by atoms with Crippen molar-refractivity contribution in [2.75, 3.05) is 0 Å². The summed E-state index contributed by atoms with van der Waals surface area (Å²) in [4.78, 5) is 11.0. The molecule has 2 rings (SSSR count). The maximum atomic E-state index is 11.0. The van der Waals surface area contributed by atoms with Crippen LogP contribution in [0.2, 0.25) is 4.34 Å². The van der Waals surface area contributed by atoms with E-state index >= 15 is 0 Å². The topological polar surface area (TPSA) is 72.3 Å². The first-order valence-electron chi connectivity index (χ1n) is 4.70. The molecule has 94 valence electrons. The molecule has 2 aromatic rings. The predicted octanol–water partition coefficient (Wildman–Crippen LogP) is 3.23. The Balaban J connectivity index is 2.19. The van der Waals surface area contributed by atoms with Crippen molar-refractivity contribution in [2.24, 2.45) is 0 Å². The molecule has 0 radical (unpaired) electrons. The summed E-state index contributed by atoms with van der Waals surface area (Å²) >= 11 is 10.1. The van der Waals surface area contributed by atoms with Crippen molar-refractivity contribution in [3.05, 3.63) is 38.3 Å². The molecular formula is C10H6BrClN2O3S. The number of carboxylic acid groups (broad SMARTS) is 1. The van der Waals surface area contributed by atoms with Crippen LogP contribution in [-0.2, 0) is 6.61 Å². The Morgan fingerprint density at radius 1 is 1.56 bits per heavy atom. The average molecular weight is 350 g/mol. The lowest BCUT2D eigenvalue weighted by molar-refractivity contribution is 0.0691. The highest BCUT2D eigenvalue weighted by Crippen LogP contribution is 2.25. The van der Waals surface area contributed by atoms with Gasteiger partial charge in [-0.2, -0.15) is 0 Å². The van der Waals surface area contributed by atoms with Gasteiger partial charge in [-0.1, -0.05) is 32.0 Å². The summed E-state index contributed by atoms with van der Waals surface area (Å²) < 4.78 is 10.2. The Bertz CT molecular complexity index is 590. The van der Waals surface area contributed by atoms with Gasteiger partial charge in [0.25, 0.3) is 0 Å². The maximum Gasteiger partial charge on any atom is 0.339 e. The molecule has 0 fully saturated rings. The molecular weight excluding hydrogens is 344 g/mol. The molecule has 0 aliphatic rings. The van der Waals surface area contributed by atoms with E-state index in [9.17, 15) is 4.79 Å². The number of carboxylic acids is 1. The van der Waals surface area contributed by atoms with Crippen molar-refractivity contribution < 1.29 is 14.6 Å². The van der Waals surface area contributed by atoms with E-state index < -0.39 is 5.97 Å². The van der Waals surface area contributed by atoms with Crippen molar-refractivity contribution in [3.8, 4) is 5.75 Å². The third-order valence-electron chi connectivity index (χ3n) is 2.05. The second-order valence-corrected chi connectivity index (χ2v) is 5.50. The zero-order valence-corrected chi connectivity index (χ0v) is 11.9. The molecule has 0 aliphatic carbocycles. The van der Waals surface area contributed by atoms with Gasteiger partial charge in [-0.3, -0.25) is 0 Å². The Hall–Kier alpha value is -1.18. The molecule has 0 spiro atoms. The van der Waals surface area contributed by atoms with E-state index in [1.54, 1.807) is 12.1 Å². The van der Waals surface area contributed by atoms with Crippen molar-refractivity contribution in [3.63, 3.8) is 0 Å². The van der Waals surface area contributed by atoms with E-state index in [4.69, 9.17) is 21.4 Å². The van der Waals surface area contributed by atoms with Crippen LogP contribution in [0, 0.1) is 0 Å². The first-order chi connectivity index (χ1) is 8.58. The minimum atomic E-state index is -1.06. The molecule has 18 heavy (non-hydrogen) atoms. The molecule has 0 aliphatic heterocycles. The smallest absolute Gasteiger partial charge is 0.339 e. The van der Waals surface area contributed by atoms with Crippen LogP contribution in [-0.4, -0.2) is 20.7 Å². The highest BCUT2D eigenvalue weighted by Gasteiger charge is 2.13. The molecule has 0 amide bonds. The van der Waals surface area contributed by atoms with E-state index in [0.717, 1.165) is 11.5 Å². The number of rotatable bonds is 4. The minimum Gasteiger partial charge on any atom is -0.486 e. The van der Waals surface area contributed by atoms with Crippen LogP contribution in [0.1, 0.15) is 16.1 Å². The van der Waals surface area contributed by atoms with E-state index in [2.05, 4.69) is 25.5 Å². The molecule has 1 heterocycles. The van der Waals surface area contributed by atoms with Crippen LogP contribution in [0.4, 0.5) is 0 Å². The number of benzene rings is 1. The van der Waals surface area contributed by atoms with Crippen LogP contribution in [0.3, 0.4) is 0 Å². The molecule has 0 saturated carbocycles. The van der Waals surface area contributed by atoms with Gasteiger partial charge in [0.1, 0.15) is 28.0 Å². The molecule has 1 aromatic carbocycles. The van der Waals surface area contributed by atoms with Crippen molar-refractivity contribution >= 4 is 45.0 Å². The number of hydrogen-bond acceptors (Lipinski definition) is 5. The molecule has 0 atom stereocenters. The molecule has 1 N–H and O–H groups in total. The van der Waals surface area contributed by atoms with Gasteiger partial charge in [-0.15, -0.1) is 5.10 Å². The Morgan fingerprint density at radius 2 is 2.33 bits per heavy atom. The van der Waals surface area contributed by atoms with Gasteiger partial charge in [-0.05, 0) is 18.2 Å². The van der Waals surface area contributed by atoms with Crippen LogP contribution in [0.5, 0.6) is 5.75 Å². The Kier molecular flexibility index (Phi) is 4.15. The van der Waals surface area contributed by atoms with Gasteiger partial charge >= 0.3 is 5.97 Å². The lowest BCUT2D eigenvalue weighted by atomic mass is 10.2. The number of ether oxygens (including phenoxy) is 1. The summed E-state index contributed by atoms with van der Waals surface area (Å²) in [5.74, 6) is -0.802. The zero-order valence-electron chi connectivity index (χ0n) is 8.76. The Labute approximate surface area is 120 Å². The normalized spacial score (nSPS) is 10.3. The standard InChI is InChI=1S/C10H6BrClN2O3S/c11-5-1-2-8(6(3-5)10(15)16)17-4-7-9(12)18-14-13-7/h1-3H,4H2,(H,15,16). The monoisotopic (exact) mass is 348 g/mol. The van der Waals surface area contributed by atoms with Crippen LogP contribution < -0.4 is 4.74 Å². The van der Waals surface area contributed by atoms with E-state index in [-0.39, 0.29) is 17.9 Å². The molecule has 5 nitrogen and oxygen atoms in total. The lowest BCUT2D eigenvalue weighted by Crippen LogP contribution is -2.04. The third kappa shape index (κ3) is 2.98. The van der Waals surface area contributed by atoms with Crippen molar-refractivity contribution in [1.29, 1.82) is 0 Å². The molecule has 8 heteroatoms. The number of halogens is 2. The highest BCUT2D eigenvalue weighted by atomic mass is 79.9. The molecule has 1 aromatic heterocycles. The van der Waals surface area contributed by atoms with Gasteiger partial charge < -0.3 is 9.84 Å². The first-order valence-corrected chi connectivity index (χ1v) is 6.64. The third-order valence-corrected chi connectivity index (χ3v) is 3.52. The van der Waals surface area contributed by atoms with Crippen LogP contribution >= 0.6 is 39.1 Å². The van der Waals surface area contributed by atoms with E-state index in [0.29, 0.717) is 14.5 Å². The number of nitrogens with zero attached hydrogens (tertiary/aromatic N) is 2. The van der Waals surface area contributed by atoms with Gasteiger partial charge in [0.2, 0.25) is 0 Å². The quantitative estimate of drug-likeness (QED) is 0.917. The van der Waals surface area contributed by atoms with E-state index in [1.807, 2.05) is 0 Å². The van der Waals surface area contributed by atoms with Crippen molar-refractivity contribution in [1.82, 2.24) is 9.59 Å². The fourth-order valence-electron chi connectivity index (χ4n) is 1.22. The minimum absolute atomic E-state index is 0.0729. The number of hydrogen-bond donors (Lipinski definition) is 1. The average Bonchev–Trinajstić information content (AvgIpc) is 2.73. The molecule has 0 bridgehead atoms. The van der Waals surface area contributed by atoms with Crippen LogP contribution in [0.25, 0.3) is 0 Å². The van der Waals surface area contributed by atoms with Gasteiger partial charge in [-0.25, -0.2) is 4.79 Å². The fourth-order valence-corrected chi connectivity index (χ4v) is 2.19. The lowest BCUT2D eigenvalue weighted by Gasteiger charge is -2.08. The van der Waals surface area contributed by atoms with Gasteiger partial charge in [0, 0.05) is 16.0 Å². The maximum absolute atomic E-state index is 11.0. The fraction of sp³-hybridized carbons (Fsp3) is 0.100. The van der Waals surface area contributed by atoms with Crippen molar-refractivity contribution in [2.45, 2.75) is 6.61 Å². The van der Waals surface area contributed by atoms with Gasteiger partial charge in [0.05, 0.1) is 0 Å². The highest BCUT2D eigenvalue weighted by molar-refractivity contribution is 9.10. The largest absolute Gasteiger partial charge is 0.486 e. The van der Waals surface area contributed by atoms with E-state index in [1.165, 1.54) is 6.07 Å². The summed E-state index contributed by atoms with van der Waals surface area (Å²) in [5.41, 5.74) is 0.560. The summed E-state index contributed by atoms with van der Waals surface area (Å²) in [6, 6.07) is 4.74. The summed E-state index contributed by atoms with van der Waals surface area (Å²) in [6.45, 7) is 0.0806. The molecule has 0 saturated heterocycles. The number of carbonyl (C=O) groups is 1. The molecule has 0 unspecified atom stereocenters. The second kappa shape index (κ2) is 5.64. The summed E-state index contributed by atoms with van der Waals surface area (Å²) in [6.07, 6.45) is 0. The van der Waals surface area contributed by atoms with Crippen LogP contribution in [0.15, 0.2) is 22.7 Å². The SMILES string of the molecule is O=C(O)c1cc(Br)ccc1OCc1nnsc1Cl. The zero-order chi connectivity index (χ0) is 13.1. The first kappa shape index (κ1) is 13.3. The second-order valence-electron chi connectivity index (χ2n) is 3.23. The number of aromatic nitrogens is 2. The predicted molar refractivity (Wildman–Crippen MR) is 70.4 cm³/mol.